The zero-order chi connectivity index (χ0) is 16.0. The van der Waals surface area contributed by atoms with Crippen LogP contribution in [0, 0.1) is 11.7 Å². The van der Waals surface area contributed by atoms with Gasteiger partial charge in [0.2, 0.25) is 0 Å². The molecule has 2 N–H and O–H groups in total. The fraction of sp³-hybridized carbons (Fsp3) is 0.429. The van der Waals surface area contributed by atoms with Crippen LogP contribution in [0.4, 0.5) is 9.18 Å². The third kappa shape index (κ3) is 4.94. The lowest BCUT2D eigenvalue weighted by Crippen LogP contribution is -2.40. The van der Waals surface area contributed by atoms with Gasteiger partial charge in [-0.1, -0.05) is 13.0 Å². The minimum absolute atomic E-state index is 0.0954. The molecule has 0 saturated carbocycles. The molecular formula is C14H19FN2O4. The number of ether oxygens (including phenoxy) is 1. The largest absolute Gasteiger partial charge is 0.494 e. The second-order valence-corrected chi connectivity index (χ2v) is 4.75. The number of aliphatic carboxylic acids is 1. The summed E-state index contributed by atoms with van der Waals surface area (Å²) in [5, 5.41) is 11.4. The average Bonchev–Trinajstić information content (AvgIpc) is 2.44. The molecule has 2 amide bonds. The Balaban J connectivity index is 2.52. The second-order valence-electron chi connectivity index (χ2n) is 4.75. The summed E-state index contributed by atoms with van der Waals surface area (Å²) in [6, 6.07) is 3.98. The van der Waals surface area contributed by atoms with Gasteiger partial charge >= 0.3 is 12.0 Å². The smallest absolute Gasteiger partial charge is 0.317 e. The quantitative estimate of drug-likeness (QED) is 0.838. The summed E-state index contributed by atoms with van der Waals surface area (Å²) in [5.41, 5.74) is 0.585. The van der Waals surface area contributed by atoms with Crippen molar-refractivity contribution >= 4 is 12.0 Å². The molecular weight excluding hydrogens is 279 g/mol. The molecule has 0 aliphatic carbocycles. The molecule has 7 heteroatoms. The van der Waals surface area contributed by atoms with Crippen molar-refractivity contribution in [1.29, 1.82) is 0 Å². The van der Waals surface area contributed by atoms with Gasteiger partial charge in [0.15, 0.2) is 11.6 Å². The number of carbonyl (C=O) groups excluding carboxylic acids is 1. The third-order valence-electron chi connectivity index (χ3n) is 2.98. The standard InChI is InChI=1S/C14H19FN2O4/c1-9(13(18)19)8-17(2)14(20)16-7-10-4-5-12(21-3)11(15)6-10/h4-6,9H,7-8H2,1-3H3,(H,16,20)(H,18,19). The normalized spacial score (nSPS) is 11.6. The van der Waals surface area contributed by atoms with Gasteiger partial charge in [0.25, 0.3) is 0 Å². The van der Waals surface area contributed by atoms with Gasteiger partial charge in [-0.25, -0.2) is 9.18 Å². The Morgan fingerprint density at radius 1 is 1.48 bits per heavy atom. The molecule has 0 aliphatic heterocycles. The van der Waals surface area contributed by atoms with E-state index in [4.69, 9.17) is 9.84 Å². The van der Waals surface area contributed by atoms with Gasteiger partial charge in [-0.05, 0) is 17.7 Å². The maximum atomic E-state index is 13.5. The molecule has 6 nitrogen and oxygen atoms in total. The van der Waals surface area contributed by atoms with Crippen LogP contribution in [0.5, 0.6) is 5.75 Å². The van der Waals surface area contributed by atoms with E-state index in [0.717, 1.165) is 0 Å². The van der Waals surface area contributed by atoms with Crippen molar-refractivity contribution in [1.82, 2.24) is 10.2 Å². The molecule has 1 atom stereocenters. The molecule has 1 aromatic carbocycles. The monoisotopic (exact) mass is 298 g/mol. The molecule has 1 unspecified atom stereocenters. The fourth-order valence-corrected chi connectivity index (χ4v) is 1.70. The highest BCUT2D eigenvalue weighted by Crippen LogP contribution is 2.17. The number of benzene rings is 1. The van der Waals surface area contributed by atoms with E-state index in [9.17, 15) is 14.0 Å². The lowest BCUT2D eigenvalue weighted by Gasteiger charge is -2.20. The summed E-state index contributed by atoms with van der Waals surface area (Å²) in [7, 11) is 2.88. The number of carbonyl (C=O) groups is 2. The predicted octanol–water partition coefficient (Wildman–Crippen LogP) is 1.70. The molecule has 1 aromatic rings. The van der Waals surface area contributed by atoms with E-state index < -0.39 is 23.7 Å². The first-order valence-electron chi connectivity index (χ1n) is 6.39. The van der Waals surface area contributed by atoms with Gasteiger partial charge in [-0.3, -0.25) is 4.79 Å². The van der Waals surface area contributed by atoms with E-state index in [0.29, 0.717) is 5.56 Å². The number of carboxylic acid groups (broad SMARTS) is 1. The summed E-state index contributed by atoms with van der Waals surface area (Å²) in [6.07, 6.45) is 0. The third-order valence-corrected chi connectivity index (χ3v) is 2.98. The minimum Gasteiger partial charge on any atom is -0.494 e. The number of nitrogens with zero attached hydrogens (tertiary/aromatic N) is 1. The van der Waals surface area contributed by atoms with Crippen LogP contribution in [0.2, 0.25) is 0 Å². The Labute approximate surface area is 122 Å². The van der Waals surface area contributed by atoms with Crippen molar-refractivity contribution in [3.05, 3.63) is 29.6 Å². The van der Waals surface area contributed by atoms with E-state index in [1.807, 2.05) is 0 Å². The average molecular weight is 298 g/mol. The lowest BCUT2D eigenvalue weighted by atomic mass is 10.2. The Hall–Kier alpha value is -2.31. The molecule has 116 valence electrons. The van der Waals surface area contributed by atoms with E-state index in [2.05, 4.69) is 5.32 Å². The number of halogens is 1. The molecule has 0 heterocycles. The number of rotatable bonds is 6. The van der Waals surface area contributed by atoms with E-state index in [-0.39, 0.29) is 18.8 Å². The van der Waals surface area contributed by atoms with Crippen LogP contribution in [0.15, 0.2) is 18.2 Å². The van der Waals surface area contributed by atoms with E-state index in [1.54, 1.807) is 6.07 Å². The van der Waals surface area contributed by atoms with Crippen LogP contribution < -0.4 is 10.1 Å². The van der Waals surface area contributed by atoms with Gasteiger partial charge in [-0.2, -0.15) is 0 Å². The molecule has 0 aromatic heterocycles. The number of amides is 2. The summed E-state index contributed by atoms with van der Waals surface area (Å²) >= 11 is 0. The Kier molecular flexibility index (Phi) is 5.95. The number of carboxylic acids is 1. The topological polar surface area (TPSA) is 78.9 Å². The Bertz CT molecular complexity index is 522. The maximum Gasteiger partial charge on any atom is 0.317 e. The van der Waals surface area contributed by atoms with Crippen molar-refractivity contribution in [3.63, 3.8) is 0 Å². The van der Waals surface area contributed by atoms with E-state index >= 15 is 0 Å². The SMILES string of the molecule is COc1ccc(CNC(=O)N(C)CC(C)C(=O)O)cc1F. The van der Waals surface area contributed by atoms with Crippen LogP contribution in [0.1, 0.15) is 12.5 Å². The van der Waals surface area contributed by atoms with Gasteiger partial charge < -0.3 is 20.1 Å². The molecule has 0 radical (unpaired) electrons. The lowest BCUT2D eigenvalue weighted by molar-refractivity contribution is -0.141. The predicted molar refractivity (Wildman–Crippen MR) is 74.6 cm³/mol. The number of nitrogens with one attached hydrogen (secondary N) is 1. The zero-order valence-electron chi connectivity index (χ0n) is 12.2. The number of hydrogen-bond donors (Lipinski definition) is 2. The Morgan fingerprint density at radius 3 is 2.67 bits per heavy atom. The molecule has 0 bridgehead atoms. The van der Waals surface area contributed by atoms with Gasteiger partial charge in [-0.15, -0.1) is 0 Å². The van der Waals surface area contributed by atoms with Crippen molar-refractivity contribution < 1.29 is 23.8 Å². The van der Waals surface area contributed by atoms with Crippen molar-refractivity contribution in [2.45, 2.75) is 13.5 Å². The Morgan fingerprint density at radius 2 is 2.14 bits per heavy atom. The number of methoxy groups -OCH3 is 1. The van der Waals surface area contributed by atoms with Crippen LogP contribution in [0.25, 0.3) is 0 Å². The van der Waals surface area contributed by atoms with E-state index in [1.165, 1.54) is 38.1 Å². The van der Waals surface area contributed by atoms with Gasteiger partial charge in [0.05, 0.1) is 13.0 Å². The summed E-state index contributed by atoms with van der Waals surface area (Å²) in [4.78, 5) is 23.8. The van der Waals surface area contributed by atoms with Crippen molar-refractivity contribution in [2.24, 2.45) is 5.92 Å². The highest BCUT2D eigenvalue weighted by atomic mass is 19.1. The molecule has 0 fully saturated rings. The zero-order valence-corrected chi connectivity index (χ0v) is 12.2. The molecule has 0 saturated heterocycles. The molecule has 0 aliphatic rings. The minimum atomic E-state index is -0.966. The van der Waals surface area contributed by atoms with Crippen molar-refractivity contribution in [2.75, 3.05) is 20.7 Å². The molecule has 0 spiro atoms. The van der Waals surface area contributed by atoms with Crippen molar-refractivity contribution in [3.8, 4) is 5.75 Å². The highest BCUT2D eigenvalue weighted by molar-refractivity contribution is 5.75. The van der Waals surface area contributed by atoms with Crippen LogP contribution in [-0.2, 0) is 11.3 Å². The molecule has 21 heavy (non-hydrogen) atoms. The van der Waals surface area contributed by atoms with Gasteiger partial charge in [0, 0.05) is 20.1 Å². The summed E-state index contributed by atoms with van der Waals surface area (Å²) in [5.74, 6) is -1.99. The summed E-state index contributed by atoms with van der Waals surface area (Å²) in [6.45, 7) is 1.76. The van der Waals surface area contributed by atoms with Crippen LogP contribution in [-0.4, -0.2) is 42.7 Å². The number of hydrogen-bond acceptors (Lipinski definition) is 3. The fourth-order valence-electron chi connectivity index (χ4n) is 1.70. The first-order chi connectivity index (χ1) is 9.85. The maximum absolute atomic E-state index is 13.5. The highest BCUT2D eigenvalue weighted by Gasteiger charge is 2.17. The number of urea groups is 1. The first kappa shape index (κ1) is 16.7. The second kappa shape index (κ2) is 7.47. The van der Waals surface area contributed by atoms with Crippen LogP contribution in [0.3, 0.4) is 0 Å². The molecule has 1 rings (SSSR count). The summed E-state index contributed by atoms with van der Waals surface area (Å²) < 4.78 is 18.3. The first-order valence-corrected chi connectivity index (χ1v) is 6.39. The van der Waals surface area contributed by atoms with Gasteiger partial charge in [0.1, 0.15) is 0 Å². The van der Waals surface area contributed by atoms with Crippen LogP contribution >= 0.6 is 0 Å².